The van der Waals surface area contributed by atoms with Gasteiger partial charge in [0.15, 0.2) is 0 Å². The molecule has 12 heteroatoms. The third-order valence-electron chi connectivity index (χ3n) is 8.37. The second kappa shape index (κ2) is 19.5. The van der Waals surface area contributed by atoms with Gasteiger partial charge in [-0.1, -0.05) is 105 Å². The second-order valence-corrected chi connectivity index (χ2v) is 14.0. The van der Waals surface area contributed by atoms with E-state index in [9.17, 15) is 14.4 Å². The molecule has 282 valence electrons. The van der Waals surface area contributed by atoms with Gasteiger partial charge in [0.05, 0.1) is 45.6 Å². The van der Waals surface area contributed by atoms with Gasteiger partial charge >= 0.3 is 18.0 Å². The van der Waals surface area contributed by atoms with E-state index in [2.05, 4.69) is 5.32 Å². The van der Waals surface area contributed by atoms with Crippen LogP contribution >= 0.6 is 0 Å². The number of alkyl carbamates (subject to hydrolysis) is 1. The summed E-state index contributed by atoms with van der Waals surface area (Å²) in [6.45, 7) is 9.24. The molecular weight excluding hydrogens is 668 g/mol. The topological polar surface area (TPSA) is 154 Å². The number of carbonyl (C=O) groups is 3. The van der Waals surface area contributed by atoms with Crippen molar-refractivity contribution in [3.63, 3.8) is 0 Å². The first-order valence-corrected chi connectivity index (χ1v) is 17.5. The molecule has 7 atom stereocenters. The molecule has 3 aromatic rings. The summed E-state index contributed by atoms with van der Waals surface area (Å²) in [7, 11) is 1.22. The zero-order chi connectivity index (χ0) is 37.7. The average molecular weight is 721 g/mol. The van der Waals surface area contributed by atoms with Crippen molar-refractivity contribution >= 4 is 18.0 Å². The molecule has 0 aliphatic carbocycles. The fourth-order valence-corrected chi connectivity index (χ4v) is 5.76. The molecule has 0 saturated carbocycles. The van der Waals surface area contributed by atoms with Crippen molar-refractivity contribution in [3.8, 4) is 0 Å². The minimum absolute atomic E-state index is 0.0115. The number of nitrogens with two attached hydrogens (primary N) is 1. The molecule has 1 fully saturated rings. The first kappa shape index (κ1) is 40.4. The van der Waals surface area contributed by atoms with Crippen LogP contribution in [0.25, 0.3) is 0 Å². The summed E-state index contributed by atoms with van der Waals surface area (Å²) >= 11 is 0. The zero-order valence-electron chi connectivity index (χ0n) is 30.8. The van der Waals surface area contributed by atoms with Crippen LogP contribution in [-0.2, 0) is 62.6 Å². The number of rotatable bonds is 16. The highest BCUT2D eigenvalue weighted by atomic mass is 16.7. The number of benzene rings is 3. The number of hydrogen-bond acceptors (Lipinski definition) is 11. The summed E-state index contributed by atoms with van der Waals surface area (Å²) in [4.78, 5) is 39.8. The molecule has 0 radical (unpaired) electrons. The van der Waals surface area contributed by atoms with Crippen molar-refractivity contribution in [2.75, 3.05) is 13.7 Å². The zero-order valence-corrected chi connectivity index (χ0v) is 30.8. The quantitative estimate of drug-likeness (QED) is 0.146. The third kappa shape index (κ3) is 12.1. The van der Waals surface area contributed by atoms with Gasteiger partial charge in [0.1, 0.15) is 29.9 Å². The Bertz CT molecular complexity index is 1530. The number of carbonyl (C=O) groups excluding carboxylic acids is 3. The van der Waals surface area contributed by atoms with Crippen LogP contribution in [0.5, 0.6) is 0 Å². The molecule has 1 aliphatic heterocycles. The Hall–Kier alpha value is -4.33. The van der Waals surface area contributed by atoms with Gasteiger partial charge in [0.2, 0.25) is 6.29 Å². The number of nitrogens with one attached hydrogen (secondary N) is 1. The standard InChI is InChI=1S/C40H52N2O10/c1-26(2)33(42-39(45)52-40(3,4)5)37(44)51-38-31(32(41)36(43)46-6)35(49-24-29-20-14-9-15-21-29)34(48-23-28-18-12-8-13-19-28)30(50-38)25-47-22-27-16-10-7-11-17-27/h7-21,26,30-35,38H,22-25,41H2,1-6H3,(H,42,45)/t30-,31-,32-,33+,34-,35-,38+/m1/s1. The molecular formula is C40H52N2O10. The Balaban J connectivity index is 1.71. The monoisotopic (exact) mass is 720 g/mol. The molecule has 3 N–H and O–H groups in total. The van der Waals surface area contributed by atoms with Crippen LogP contribution in [0.15, 0.2) is 91.0 Å². The molecule has 0 aromatic heterocycles. The fraction of sp³-hybridized carbons (Fsp3) is 0.475. The molecule has 4 rings (SSSR count). The van der Waals surface area contributed by atoms with E-state index < -0.39 is 72.2 Å². The molecule has 12 nitrogen and oxygen atoms in total. The van der Waals surface area contributed by atoms with Gasteiger partial charge < -0.3 is 44.2 Å². The van der Waals surface area contributed by atoms with Gasteiger partial charge in [-0.05, 0) is 43.4 Å². The average Bonchev–Trinajstić information content (AvgIpc) is 3.12. The predicted molar refractivity (Wildman–Crippen MR) is 192 cm³/mol. The SMILES string of the molecule is COC(=O)[C@H](N)[C@H]1[C@H](OC(=O)[C@@H](NC(=O)OC(C)(C)C)C(C)C)O[C@H](COCc2ccccc2)[C@@H](OCc2ccccc2)[C@@H]1OCc1ccccc1. The van der Waals surface area contributed by atoms with Crippen molar-refractivity contribution in [3.05, 3.63) is 108 Å². The van der Waals surface area contributed by atoms with E-state index in [4.69, 9.17) is 38.9 Å². The first-order valence-electron chi connectivity index (χ1n) is 17.5. The molecule has 1 heterocycles. The van der Waals surface area contributed by atoms with Crippen LogP contribution < -0.4 is 11.1 Å². The molecule has 1 amide bonds. The maximum absolute atomic E-state index is 13.9. The second-order valence-electron chi connectivity index (χ2n) is 14.0. The lowest BCUT2D eigenvalue weighted by atomic mass is 9.85. The van der Waals surface area contributed by atoms with Crippen molar-refractivity contribution < 1.29 is 47.5 Å². The minimum Gasteiger partial charge on any atom is -0.468 e. The van der Waals surface area contributed by atoms with Crippen molar-refractivity contribution in [1.29, 1.82) is 0 Å². The highest BCUT2D eigenvalue weighted by Crippen LogP contribution is 2.35. The summed E-state index contributed by atoms with van der Waals surface area (Å²) < 4.78 is 42.4. The summed E-state index contributed by atoms with van der Waals surface area (Å²) in [5.41, 5.74) is 8.49. The lowest BCUT2D eigenvalue weighted by molar-refractivity contribution is -0.300. The van der Waals surface area contributed by atoms with E-state index in [0.717, 1.165) is 16.7 Å². The highest BCUT2D eigenvalue weighted by Gasteiger charge is 2.53. The Kier molecular flexibility index (Phi) is 15.2. The van der Waals surface area contributed by atoms with E-state index >= 15 is 0 Å². The Morgan fingerprint density at radius 2 is 1.27 bits per heavy atom. The Morgan fingerprint density at radius 3 is 1.75 bits per heavy atom. The maximum atomic E-state index is 13.9. The van der Waals surface area contributed by atoms with Gasteiger partial charge in [-0.2, -0.15) is 0 Å². The van der Waals surface area contributed by atoms with E-state index in [1.165, 1.54) is 7.11 Å². The van der Waals surface area contributed by atoms with Crippen molar-refractivity contribution in [2.45, 2.75) is 96.7 Å². The van der Waals surface area contributed by atoms with Gasteiger partial charge in [-0.3, -0.25) is 4.79 Å². The first-order chi connectivity index (χ1) is 24.9. The Labute approximate surface area is 306 Å². The molecule has 1 saturated heterocycles. The normalized spacial score (nSPS) is 21.5. The van der Waals surface area contributed by atoms with Gasteiger partial charge in [0.25, 0.3) is 0 Å². The minimum atomic E-state index is -1.44. The number of methoxy groups -OCH3 is 1. The fourth-order valence-electron chi connectivity index (χ4n) is 5.76. The molecule has 52 heavy (non-hydrogen) atoms. The Morgan fingerprint density at radius 1 is 0.769 bits per heavy atom. The van der Waals surface area contributed by atoms with Crippen LogP contribution in [0, 0.1) is 11.8 Å². The maximum Gasteiger partial charge on any atom is 0.408 e. The summed E-state index contributed by atoms with van der Waals surface area (Å²) in [5.74, 6) is -3.10. The smallest absolute Gasteiger partial charge is 0.408 e. The van der Waals surface area contributed by atoms with Crippen LogP contribution in [0.1, 0.15) is 51.3 Å². The largest absolute Gasteiger partial charge is 0.468 e. The number of hydrogen-bond donors (Lipinski definition) is 2. The molecule has 0 spiro atoms. The number of esters is 2. The van der Waals surface area contributed by atoms with Crippen LogP contribution in [0.3, 0.4) is 0 Å². The lowest BCUT2D eigenvalue weighted by Gasteiger charge is -2.47. The van der Waals surface area contributed by atoms with E-state index in [0.29, 0.717) is 0 Å². The number of ether oxygens (including phenoxy) is 7. The molecule has 0 unspecified atom stereocenters. The van der Waals surface area contributed by atoms with Gasteiger partial charge in [-0.25, -0.2) is 9.59 Å². The van der Waals surface area contributed by atoms with Crippen molar-refractivity contribution in [2.24, 2.45) is 17.6 Å². The van der Waals surface area contributed by atoms with Crippen LogP contribution in [-0.4, -0.2) is 74.0 Å². The molecule has 0 bridgehead atoms. The summed E-state index contributed by atoms with van der Waals surface area (Å²) in [6.07, 6.45) is -4.90. The van der Waals surface area contributed by atoms with Gasteiger partial charge in [-0.15, -0.1) is 0 Å². The van der Waals surface area contributed by atoms with E-state index in [-0.39, 0.29) is 26.4 Å². The van der Waals surface area contributed by atoms with Crippen molar-refractivity contribution in [1.82, 2.24) is 5.32 Å². The van der Waals surface area contributed by atoms with E-state index in [1.807, 2.05) is 91.0 Å². The predicted octanol–water partition coefficient (Wildman–Crippen LogP) is 5.31. The molecule has 3 aromatic carbocycles. The molecule has 1 aliphatic rings. The van der Waals surface area contributed by atoms with Gasteiger partial charge in [0, 0.05) is 0 Å². The van der Waals surface area contributed by atoms with E-state index in [1.54, 1.807) is 34.6 Å². The number of amides is 1. The summed E-state index contributed by atoms with van der Waals surface area (Å²) in [5, 5.41) is 2.61. The summed E-state index contributed by atoms with van der Waals surface area (Å²) in [6, 6.07) is 26.2. The van der Waals surface area contributed by atoms with Crippen LogP contribution in [0.2, 0.25) is 0 Å². The highest BCUT2D eigenvalue weighted by molar-refractivity contribution is 5.82. The third-order valence-corrected chi connectivity index (χ3v) is 8.37. The van der Waals surface area contributed by atoms with Crippen LogP contribution in [0.4, 0.5) is 4.79 Å². The lowest BCUT2D eigenvalue weighted by Crippen LogP contribution is -2.64.